The zero-order valence-electron chi connectivity index (χ0n) is 13.1. The number of aromatic amines is 1. The monoisotopic (exact) mass is 362 g/mol. The van der Waals surface area contributed by atoms with Crippen molar-refractivity contribution in [2.24, 2.45) is 0 Å². The van der Waals surface area contributed by atoms with Gasteiger partial charge in [-0.3, -0.25) is 10.1 Å². The van der Waals surface area contributed by atoms with Crippen molar-refractivity contribution < 1.29 is 22.8 Å². The van der Waals surface area contributed by atoms with E-state index < -0.39 is 22.4 Å². The van der Waals surface area contributed by atoms with Gasteiger partial charge >= 0.3 is 6.18 Å². The summed E-state index contributed by atoms with van der Waals surface area (Å²) in [6.45, 7) is 2.01. The van der Waals surface area contributed by atoms with Crippen molar-refractivity contribution in [3.63, 3.8) is 0 Å². The van der Waals surface area contributed by atoms with E-state index in [-0.39, 0.29) is 11.0 Å². The molecule has 1 aromatic carbocycles. The summed E-state index contributed by atoms with van der Waals surface area (Å²) in [5.74, 6) is 0.895. The lowest BCUT2D eigenvalue weighted by Crippen LogP contribution is -2.08. The molecule has 1 aromatic heterocycles. The van der Waals surface area contributed by atoms with Gasteiger partial charge in [-0.05, 0) is 30.7 Å². The molecule has 0 aliphatic heterocycles. The lowest BCUT2D eigenvalue weighted by molar-refractivity contribution is -0.387. The summed E-state index contributed by atoms with van der Waals surface area (Å²) in [7, 11) is 1.61. The summed E-state index contributed by atoms with van der Waals surface area (Å²) in [5, 5.41) is 11.3. The number of aryl methyl sites for hydroxylation is 1. The van der Waals surface area contributed by atoms with Crippen LogP contribution >= 0.6 is 11.8 Å². The second-order valence-corrected chi connectivity index (χ2v) is 6.60. The third-order valence-corrected chi connectivity index (χ3v) is 4.69. The van der Waals surface area contributed by atoms with Crippen LogP contribution in [0, 0.1) is 10.1 Å². The Morgan fingerprint density at radius 2 is 2.08 bits per heavy atom. The Morgan fingerprint density at radius 1 is 1.38 bits per heavy atom. The predicted molar refractivity (Wildman–Crippen MR) is 87.2 cm³/mol. The van der Waals surface area contributed by atoms with Crippen LogP contribution < -0.4 is 0 Å². The summed E-state index contributed by atoms with van der Waals surface area (Å²) < 4.78 is 44.3. The van der Waals surface area contributed by atoms with Gasteiger partial charge in [0.1, 0.15) is 11.0 Å². The Labute approximate surface area is 140 Å². The summed E-state index contributed by atoms with van der Waals surface area (Å²) in [4.78, 5) is 12.8. The number of benzene rings is 1. The van der Waals surface area contributed by atoms with Gasteiger partial charge < -0.3 is 9.72 Å². The van der Waals surface area contributed by atoms with Crippen LogP contribution in [0.3, 0.4) is 0 Å². The quantitative estimate of drug-likeness (QED) is 0.438. The summed E-state index contributed by atoms with van der Waals surface area (Å²) in [6.07, 6.45) is -3.51. The molecule has 24 heavy (non-hydrogen) atoms. The van der Waals surface area contributed by atoms with Gasteiger partial charge in [0.2, 0.25) is 0 Å². The largest absolute Gasteiger partial charge is 0.423 e. The molecule has 0 saturated carbocycles. The number of halogens is 3. The lowest BCUT2D eigenvalue weighted by Gasteiger charge is -2.12. The van der Waals surface area contributed by atoms with Crippen molar-refractivity contribution in [2.45, 2.75) is 31.4 Å². The number of ether oxygens (including phenoxy) is 1. The third-order valence-electron chi connectivity index (χ3n) is 3.56. The molecule has 0 amide bonds. The number of H-pyrrole nitrogens is 1. The number of rotatable bonds is 7. The third kappa shape index (κ3) is 4.21. The highest BCUT2D eigenvalue weighted by atomic mass is 32.2. The maximum absolute atomic E-state index is 13.0. The van der Waals surface area contributed by atoms with Crippen LogP contribution in [-0.2, 0) is 17.3 Å². The highest BCUT2D eigenvalue weighted by Crippen LogP contribution is 2.38. The Bertz CT molecular complexity index is 731. The average molecular weight is 362 g/mol. The summed E-state index contributed by atoms with van der Waals surface area (Å²) in [5.41, 5.74) is -1.22. The standard InChI is InChI=1S/C15H17F3N2O3S/c1-3-24-14(23-2)5-4-10-6-9-7-13(20(21)22)11(15(16,17)18)8-12(9)19-10/h6-8,14,19H,3-5H2,1-2H3. The van der Waals surface area contributed by atoms with Crippen LogP contribution in [0.5, 0.6) is 0 Å². The van der Waals surface area contributed by atoms with Gasteiger partial charge in [0.15, 0.2) is 0 Å². The molecule has 0 spiro atoms. The number of nitrogens with zero attached hydrogens (tertiary/aromatic N) is 1. The van der Waals surface area contributed by atoms with E-state index in [1.165, 1.54) is 0 Å². The number of thioether (sulfide) groups is 1. The molecule has 9 heteroatoms. The number of aromatic nitrogens is 1. The second kappa shape index (κ2) is 7.43. The average Bonchev–Trinajstić information content (AvgIpc) is 2.91. The first-order chi connectivity index (χ1) is 11.3. The van der Waals surface area contributed by atoms with Crippen molar-refractivity contribution in [2.75, 3.05) is 12.9 Å². The molecule has 0 radical (unpaired) electrons. The number of nitro groups is 1. The van der Waals surface area contributed by atoms with Gasteiger partial charge in [-0.1, -0.05) is 6.92 Å². The fraction of sp³-hybridized carbons (Fsp3) is 0.467. The van der Waals surface area contributed by atoms with Gasteiger partial charge in [0.05, 0.1) is 4.92 Å². The first kappa shape index (κ1) is 18.6. The van der Waals surface area contributed by atoms with Gasteiger partial charge in [-0.25, -0.2) is 0 Å². The zero-order chi connectivity index (χ0) is 17.9. The predicted octanol–water partition coefficient (Wildman–Crippen LogP) is 4.75. The van der Waals surface area contributed by atoms with Gasteiger partial charge in [0.25, 0.3) is 5.69 Å². The molecule has 132 valence electrons. The van der Waals surface area contributed by atoms with Crippen LogP contribution in [-0.4, -0.2) is 28.2 Å². The first-order valence-corrected chi connectivity index (χ1v) is 8.32. The van der Waals surface area contributed by atoms with Crippen molar-refractivity contribution in [3.8, 4) is 0 Å². The number of hydrogen-bond donors (Lipinski definition) is 1. The minimum absolute atomic E-state index is 0.00137. The van der Waals surface area contributed by atoms with Gasteiger partial charge in [-0.2, -0.15) is 13.2 Å². The van der Waals surface area contributed by atoms with E-state index in [9.17, 15) is 23.3 Å². The van der Waals surface area contributed by atoms with Crippen molar-refractivity contribution >= 4 is 28.4 Å². The molecule has 5 nitrogen and oxygen atoms in total. The number of fused-ring (bicyclic) bond motifs is 1. The number of hydrogen-bond acceptors (Lipinski definition) is 4. The molecular weight excluding hydrogens is 345 g/mol. The molecule has 0 bridgehead atoms. The molecule has 0 aliphatic carbocycles. The van der Waals surface area contributed by atoms with Gasteiger partial charge in [-0.15, -0.1) is 11.8 Å². The van der Waals surface area contributed by atoms with E-state index in [2.05, 4.69) is 4.98 Å². The lowest BCUT2D eigenvalue weighted by atomic mass is 10.1. The van der Waals surface area contributed by atoms with E-state index in [0.717, 1.165) is 23.6 Å². The topological polar surface area (TPSA) is 68.2 Å². The molecule has 0 aliphatic rings. The molecule has 1 heterocycles. The molecule has 1 N–H and O–H groups in total. The minimum Gasteiger partial charge on any atom is -0.371 e. The zero-order valence-corrected chi connectivity index (χ0v) is 14.0. The van der Waals surface area contributed by atoms with E-state index in [1.54, 1.807) is 24.9 Å². The minimum atomic E-state index is -4.78. The highest BCUT2D eigenvalue weighted by Gasteiger charge is 2.38. The molecule has 1 unspecified atom stereocenters. The molecule has 0 saturated heterocycles. The van der Waals surface area contributed by atoms with E-state index in [4.69, 9.17) is 4.74 Å². The van der Waals surface area contributed by atoms with E-state index in [1.807, 2.05) is 6.92 Å². The van der Waals surface area contributed by atoms with Crippen LogP contribution in [0.25, 0.3) is 10.9 Å². The number of alkyl halides is 3. The van der Waals surface area contributed by atoms with Gasteiger partial charge in [0, 0.05) is 29.8 Å². The fourth-order valence-electron chi connectivity index (χ4n) is 2.47. The Morgan fingerprint density at radius 3 is 2.62 bits per heavy atom. The summed E-state index contributed by atoms with van der Waals surface area (Å²) >= 11 is 1.64. The van der Waals surface area contributed by atoms with Crippen molar-refractivity contribution in [3.05, 3.63) is 39.6 Å². The molecule has 1 atom stereocenters. The van der Waals surface area contributed by atoms with Crippen LogP contribution in [0.15, 0.2) is 18.2 Å². The smallest absolute Gasteiger partial charge is 0.371 e. The molecule has 2 rings (SSSR count). The number of methoxy groups -OCH3 is 1. The van der Waals surface area contributed by atoms with Crippen molar-refractivity contribution in [1.29, 1.82) is 0 Å². The Balaban J connectivity index is 2.32. The number of nitro benzene ring substituents is 1. The fourth-order valence-corrected chi connectivity index (χ4v) is 3.26. The first-order valence-electron chi connectivity index (χ1n) is 7.27. The highest BCUT2D eigenvalue weighted by molar-refractivity contribution is 7.99. The Kier molecular flexibility index (Phi) is 5.76. The summed E-state index contributed by atoms with van der Waals surface area (Å²) in [6, 6.07) is 3.41. The van der Waals surface area contributed by atoms with Crippen LogP contribution in [0.4, 0.5) is 18.9 Å². The molecule has 0 fully saturated rings. The van der Waals surface area contributed by atoms with Crippen LogP contribution in [0.2, 0.25) is 0 Å². The maximum atomic E-state index is 13.0. The van der Waals surface area contributed by atoms with Crippen molar-refractivity contribution in [1.82, 2.24) is 4.98 Å². The normalized spacial score (nSPS) is 13.4. The molecule has 2 aromatic rings. The number of nitrogens with one attached hydrogen (secondary N) is 1. The van der Waals surface area contributed by atoms with E-state index in [0.29, 0.717) is 18.2 Å². The van der Waals surface area contributed by atoms with E-state index >= 15 is 0 Å². The molecular formula is C15H17F3N2O3S. The SMILES string of the molecule is CCSC(CCc1cc2cc([N+](=O)[O-])c(C(F)(F)F)cc2[nH]1)OC. The second-order valence-electron chi connectivity index (χ2n) is 5.17. The van der Waals surface area contributed by atoms with Crippen LogP contribution in [0.1, 0.15) is 24.6 Å². The maximum Gasteiger partial charge on any atom is 0.423 e. The Hall–Kier alpha value is -1.74.